The molecule has 0 spiro atoms. The summed E-state index contributed by atoms with van der Waals surface area (Å²) in [6.07, 6.45) is 5.24. The maximum Gasteiger partial charge on any atom is 0.153 e. The second kappa shape index (κ2) is 1.42. The van der Waals surface area contributed by atoms with E-state index in [4.69, 9.17) is 0 Å². The molecule has 1 nitrogen and oxygen atoms in total. The Balaban J connectivity index is 2.67. The molecule has 0 saturated carbocycles. The van der Waals surface area contributed by atoms with Crippen LogP contribution in [0.3, 0.4) is 0 Å². The standard InChI is InChI=1S/C6H4NS/c1-2-5-6(3-1)8-4-7-5/h1,3H,2H2. The van der Waals surface area contributed by atoms with Crippen LogP contribution >= 0.6 is 11.3 Å². The molecule has 0 N–H and O–H groups in total. The van der Waals surface area contributed by atoms with E-state index in [-0.39, 0.29) is 0 Å². The second-order valence-corrected chi connectivity index (χ2v) is 2.55. The molecule has 0 bridgehead atoms. The number of aromatic nitrogens is 1. The first-order valence-electron chi connectivity index (χ1n) is 2.49. The van der Waals surface area contributed by atoms with Crippen LogP contribution in [0.5, 0.6) is 0 Å². The van der Waals surface area contributed by atoms with Crippen LogP contribution in [-0.2, 0) is 6.42 Å². The van der Waals surface area contributed by atoms with Gasteiger partial charge in [0.15, 0.2) is 5.51 Å². The smallest absolute Gasteiger partial charge is 0.153 e. The van der Waals surface area contributed by atoms with E-state index in [2.05, 4.69) is 22.6 Å². The fraction of sp³-hybridized carbons (Fsp3) is 0.167. The van der Waals surface area contributed by atoms with Gasteiger partial charge in [-0.1, -0.05) is 6.08 Å². The van der Waals surface area contributed by atoms with Gasteiger partial charge in [0, 0.05) is 6.42 Å². The van der Waals surface area contributed by atoms with Crippen LogP contribution < -0.4 is 0 Å². The molecule has 1 aliphatic carbocycles. The summed E-state index contributed by atoms with van der Waals surface area (Å²) in [6, 6.07) is 0. The third-order valence-electron chi connectivity index (χ3n) is 1.20. The van der Waals surface area contributed by atoms with Gasteiger partial charge < -0.3 is 0 Å². The summed E-state index contributed by atoms with van der Waals surface area (Å²) in [5.74, 6) is 0. The minimum Gasteiger partial charge on any atom is -0.238 e. The molecule has 39 valence electrons. The molecule has 0 unspecified atom stereocenters. The van der Waals surface area contributed by atoms with Gasteiger partial charge in [-0.3, -0.25) is 0 Å². The van der Waals surface area contributed by atoms with E-state index in [0.717, 1.165) is 6.42 Å². The Labute approximate surface area is 51.7 Å². The largest absolute Gasteiger partial charge is 0.238 e. The van der Waals surface area contributed by atoms with Crippen molar-refractivity contribution in [2.45, 2.75) is 6.42 Å². The van der Waals surface area contributed by atoms with Crippen molar-refractivity contribution in [3.63, 3.8) is 0 Å². The highest BCUT2D eigenvalue weighted by Gasteiger charge is 2.05. The number of hydrogen-bond donors (Lipinski definition) is 0. The van der Waals surface area contributed by atoms with Crippen LogP contribution in [0.25, 0.3) is 6.08 Å². The van der Waals surface area contributed by atoms with Gasteiger partial charge in [0.05, 0.1) is 10.6 Å². The van der Waals surface area contributed by atoms with Gasteiger partial charge in [-0.15, -0.1) is 11.3 Å². The topological polar surface area (TPSA) is 12.9 Å². The first-order valence-corrected chi connectivity index (χ1v) is 3.31. The van der Waals surface area contributed by atoms with E-state index in [9.17, 15) is 0 Å². The van der Waals surface area contributed by atoms with Gasteiger partial charge in [0.1, 0.15) is 0 Å². The molecule has 1 aliphatic rings. The van der Waals surface area contributed by atoms with E-state index in [1.165, 1.54) is 10.6 Å². The molecule has 0 aliphatic heterocycles. The number of nitrogens with zero attached hydrogens (tertiary/aromatic N) is 1. The van der Waals surface area contributed by atoms with Crippen LogP contribution in [0.15, 0.2) is 6.08 Å². The van der Waals surface area contributed by atoms with E-state index >= 15 is 0 Å². The van der Waals surface area contributed by atoms with Gasteiger partial charge in [0.25, 0.3) is 0 Å². The Kier molecular flexibility index (Phi) is 0.758. The molecule has 1 radical (unpaired) electrons. The van der Waals surface area contributed by atoms with Crippen LogP contribution in [-0.4, -0.2) is 4.98 Å². The molecule has 2 heteroatoms. The lowest BCUT2D eigenvalue weighted by Crippen LogP contribution is -1.74. The Bertz CT molecular complexity index is 224. The lowest BCUT2D eigenvalue weighted by Gasteiger charge is -1.77. The maximum atomic E-state index is 4.03. The van der Waals surface area contributed by atoms with Gasteiger partial charge in [-0.2, -0.15) is 0 Å². The zero-order chi connectivity index (χ0) is 5.40. The average molecular weight is 122 g/mol. The molecule has 0 fully saturated rings. The summed E-state index contributed by atoms with van der Waals surface area (Å²) in [5.41, 5.74) is 4.03. The molecule has 8 heavy (non-hydrogen) atoms. The van der Waals surface area contributed by atoms with Crippen LogP contribution in [0.2, 0.25) is 0 Å². The molecule has 0 saturated heterocycles. The molecular weight excluding hydrogens is 118 g/mol. The Morgan fingerprint density at radius 1 is 1.75 bits per heavy atom. The fourth-order valence-corrected chi connectivity index (χ4v) is 1.46. The van der Waals surface area contributed by atoms with E-state index in [1.807, 2.05) is 0 Å². The highest BCUT2D eigenvalue weighted by atomic mass is 32.1. The van der Waals surface area contributed by atoms with Crippen LogP contribution in [0.1, 0.15) is 10.6 Å². The van der Waals surface area contributed by atoms with E-state index in [0.29, 0.717) is 0 Å². The third kappa shape index (κ3) is 0.434. The zero-order valence-electron chi connectivity index (χ0n) is 4.22. The summed E-state index contributed by atoms with van der Waals surface area (Å²) in [4.78, 5) is 5.31. The Morgan fingerprint density at radius 2 is 2.75 bits per heavy atom. The molecule has 0 atom stereocenters. The normalized spacial score (nSPS) is 14.5. The average Bonchev–Trinajstić information content (AvgIpc) is 2.15. The predicted molar refractivity (Wildman–Crippen MR) is 33.7 cm³/mol. The molecule has 1 aromatic rings. The van der Waals surface area contributed by atoms with E-state index < -0.39 is 0 Å². The Morgan fingerprint density at radius 3 is 3.62 bits per heavy atom. The Hall–Kier alpha value is -0.630. The summed E-state index contributed by atoms with van der Waals surface area (Å²) in [5, 5.41) is 0. The minimum absolute atomic E-state index is 1.01. The van der Waals surface area contributed by atoms with Crippen molar-refractivity contribution in [3.8, 4) is 0 Å². The fourth-order valence-electron chi connectivity index (χ4n) is 0.795. The number of hydrogen-bond acceptors (Lipinski definition) is 2. The predicted octanol–water partition coefficient (Wildman–Crippen LogP) is 1.51. The maximum absolute atomic E-state index is 4.03. The highest BCUT2D eigenvalue weighted by Crippen LogP contribution is 2.20. The SMILES string of the molecule is [c]1nc2c(s1)C=CC2. The molecule has 0 amide bonds. The summed E-state index contributed by atoms with van der Waals surface area (Å²) in [7, 11) is 0. The zero-order valence-corrected chi connectivity index (χ0v) is 5.03. The minimum atomic E-state index is 1.01. The molecule has 1 heterocycles. The first-order chi connectivity index (χ1) is 3.97. The van der Waals surface area contributed by atoms with Gasteiger partial charge in [0.2, 0.25) is 0 Å². The summed E-state index contributed by atoms with van der Waals surface area (Å²) >= 11 is 1.59. The number of fused-ring (bicyclic) bond motifs is 1. The van der Waals surface area contributed by atoms with Crippen molar-refractivity contribution >= 4 is 17.4 Å². The van der Waals surface area contributed by atoms with Crippen molar-refractivity contribution in [1.29, 1.82) is 0 Å². The van der Waals surface area contributed by atoms with Gasteiger partial charge in [-0.25, -0.2) is 4.98 Å². The van der Waals surface area contributed by atoms with Crippen molar-refractivity contribution < 1.29 is 0 Å². The number of thiazole rings is 1. The molecule has 2 rings (SSSR count). The lowest BCUT2D eigenvalue weighted by molar-refractivity contribution is 1.17. The van der Waals surface area contributed by atoms with Crippen molar-refractivity contribution in [2.24, 2.45) is 0 Å². The highest BCUT2D eigenvalue weighted by molar-refractivity contribution is 7.10. The monoisotopic (exact) mass is 122 g/mol. The molecule has 1 aromatic heterocycles. The summed E-state index contributed by atoms with van der Waals surface area (Å²) < 4.78 is 0. The lowest BCUT2D eigenvalue weighted by atomic mass is 10.4. The van der Waals surface area contributed by atoms with E-state index in [1.54, 1.807) is 11.3 Å². The quantitative estimate of drug-likeness (QED) is 0.508. The molecular formula is C6H4NS. The van der Waals surface area contributed by atoms with Gasteiger partial charge >= 0.3 is 0 Å². The number of allylic oxidation sites excluding steroid dienone is 1. The van der Waals surface area contributed by atoms with Crippen LogP contribution in [0, 0.1) is 5.51 Å². The first kappa shape index (κ1) is 4.27. The number of rotatable bonds is 0. The van der Waals surface area contributed by atoms with Gasteiger partial charge in [-0.05, 0) is 6.08 Å². The van der Waals surface area contributed by atoms with Crippen LogP contribution in [0.4, 0.5) is 0 Å². The van der Waals surface area contributed by atoms with Crippen molar-refractivity contribution in [2.75, 3.05) is 0 Å². The second-order valence-electron chi connectivity index (χ2n) is 1.72. The van der Waals surface area contributed by atoms with Crippen molar-refractivity contribution in [3.05, 3.63) is 22.2 Å². The third-order valence-corrected chi connectivity index (χ3v) is 1.98. The van der Waals surface area contributed by atoms with Crippen molar-refractivity contribution in [1.82, 2.24) is 4.98 Å². The molecule has 0 aromatic carbocycles. The summed E-state index contributed by atoms with van der Waals surface area (Å²) in [6.45, 7) is 0.